The number of benzene rings is 1. The highest BCUT2D eigenvalue weighted by molar-refractivity contribution is 6.21. The van der Waals surface area contributed by atoms with Crippen molar-refractivity contribution < 1.29 is 23.9 Å². The molecule has 1 aliphatic carbocycles. The zero-order chi connectivity index (χ0) is 18.0. The average Bonchev–Trinajstić information content (AvgIpc) is 2.84. The number of rotatable bonds is 5. The Hall–Kier alpha value is -2.21. The predicted molar refractivity (Wildman–Crippen MR) is 90.5 cm³/mol. The van der Waals surface area contributed by atoms with Crippen LogP contribution in [0.1, 0.15) is 63.7 Å². The van der Waals surface area contributed by atoms with Crippen LogP contribution in [0.5, 0.6) is 0 Å². The maximum absolute atomic E-state index is 12.1. The number of esters is 1. The average molecular weight is 345 g/mol. The smallest absolute Gasteiger partial charge is 0.338 e. The van der Waals surface area contributed by atoms with Crippen LogP contribution in [0.4, 0.5) is 0 Å². The van der Waals surface area contributed by atoms with Gasteiger partial charge in [0.15, 0.2) is 0 Å². The van der Waals surface area contributed by atoms with Crippen molar-refractivity contribution in [1.82, 2.24) is 4.90 Å². The Morgan fingerprint density at radius 1 is 1.12 bits per heavy atom. The highest BCUT2D eigenvalue weighted by Crippen LogP contribution is 2.26. The molecular weight excluding hydrogens is 322 g/mol. The van der Waals surface area contributed by atoms with Crippen molar-refractivity contribution in [3.8, 4) is 0 Å². The molecule has 6 nitrogen and oxygen atoms in total. The second-order valence-corrected chi connectivity index (χ2v) is 6.74. The van der Waals surface area contributed by atoms with Gasteiger partial charge in [0.25, 0.3) is 11.8 Å². The number of nitrogens with zero attached hydrogens (tertiary/aromatic N) is 1. The number of carbonyl (C=O) groups is 3. The number of carbonyl (C=O) groups excluding carboxylic acids is 3. The van der Waals surface area contributed by atoms with Crippen LogP contribution in [0.2, 0.25) is 0 Å². The Morgan fingerprint density at radius 3 is 2.60 bits per heavy atom. The van der Waals surface area contributed by atoms with Crippen molar-refractivity contribution in [2.45, 2.75) is 38.7 Å². The fourth-order valence-electron chi connectivity index (χ4n) is 3.44. The maximum Gasteiger partial charge on any atom is 0.338 e. The molecule has 6 heteroatoms. The maximum atomic E-state index is 12.1. The number of amides is 2. The second kappa shape index (κ2) is 7.35. The van der Waals surface area contributed by atoms with E-state index in [1.54, 1.807) is 0 Å². The fraction of sp³-hybridized carbons (Fsp3) is 0.526. The van der Waals surface area contributed by atoms with E-state index in [-0.39, 0.29) is 29.7 Å². The minimum absolute atomic E-state index is 0.173. The van der Waals surface area contributed by atoms with Crippen molar-refractivity contribution >= 4 is 17.8 Å². The molecule has 2 aliphatic rings. The lowest BCUT2D eigenvalue weighted by Crippen LogP contribution is -2.27. The van der Waals surface area contributed by atoms with Gasteiger partial charge in [-0.05, 0) is 37.0 Å². The SMILES string of the molecule is CC1CCCCC1OCCOC(=O)c1ccc2c(c1)C(=O)N(C)C2=O. The Labute approximate surface area is 147 Å². The molecule has 2 amide bonds. The largest absolute Gasteiger partial charge is 0.460 e. The fourth-order valence-corrected chi connectivity index (χ4v) is 3.44. The first-order valence-electron chi connectivity index (χ1n) is 8.74. The van der Waals surface area contributed by atoms with Crippen LogP contribution < -0.4 is 0 Å². The van der Waals surface area contributed by atoms with Gasteiger partial charge < -0.3 is 9.47 Å². The molecule has 25 heavy (non-hydrogen) atoms. The number of fused-ring (bicyclic) bond motifs is 1. The minimum Gasteiger partial charge on any atom is -0.460 e. The van der Waals surface area contributed by atoms with Gasteiger partial charge in [0, 0.05) is 7.05 Å². The molecule has 0 bridgehead atoms. The highest BCUT2D eigenvalue weighted by Gasteiger charge is 2.33. The third kappa shape index (κ3) is 3.58. The van der Waals surface area contributed by atoms with Gasteiger partial charge in [0.05, 0.1) is 29.4 Å². The first kappa shape index (κ1) is 17.6. The summed E-state index contributed by atoms with van der Waals surface area (Å²) in [4.78, 5) is 37.0. The molecule has 0 N–H and O–H groups in total. The van der Waals surface area contributed by atoms with E-state index in [1.807, 2.05) is 0 Å². The number of ether oxygens (including phenoxy) is 2. The topological polar surface area (TPSA) is 72.9 Å². The highest BCUT2D eigenvalue weighted by atomic mass is 16.6. The molecule has 2 atom stereocenters. The van der Waals surface area contributed by atoms with E-state index in [4.69, 9.17) is 9.47 Å². The standard InChI is InChI=1S/C19H23NO5/c1-12-5-3-4-6-16(12)24-9-10-25-19(23)13-7-8-14-15(11-13)18(22)20(2)17(14)21/h7-8,11-12,16H,3-6,9-10H2,1-2H3. The van der Waals surface area contributed by atoms with Gasteiger partial charge in [-0.3, -0.25) is 14.5 Å². The van der Waals surface area contributed by atoms with Crippen molar-refractivity contribution in [2.75, 3.05) is 20.3 Å². The van der Waals surface area contributed by atoms with E-state index in [1.165, 1.54) is 44.5 Å². The lowest BCUT2D eigenvalue weighted by molar-refractivity contribution is -0.0271. The molecule has 1 fully saturated rings. The molecule has 1 aromatic carbocycles. The summed E-state index contributed by atoms with van der Waals surface area (Å²) in [5.41, 5.74) is 0.828. The van der Waals surface area contributed by atoms with Crippen LogP contribution in [0, 0.1) is 5.92 Å². The van der Waals surface area contributed by atoms with Crippen LogP contribution >= 0.6 is 0 Å². The molecular formula is C19H23NO5. The van der Waals surface area contributed by atoms with Gasteiger partial charge in [-0.1, -0.05) is 19.8 Å². The van der Waals surface area contributed by atoms with Crippen LogP contribution in [0.25, 0.3) is 0 Å². The number of hydrogen-bond donors (Lipinski definition) is 0. The Balaban J connectivity index is 1.52. The zero-order valence-corrected chi connectivity index (χ0v) is 14.6. The third-order valence-electron chi connectivity index (χ3n) is 5.01. The predicted octanol–water partition coefficient (Wildman–Crippen LogP) is 2.66. The van der Waals surface area contributed by atoms with Crippen molar-refractivity contribution in [1.29, 1.82) is 0 Å². The van der Waals surface area contributed by atoms with Crippen LogP contribution in [-0.4, -0.2) is 49.0 Å². The Kier molecular flexibility index (Phi) is 5.18. The molecule has 1 saturated carbocycles. The first-order chi connectivity index (χ1) is 12.0. The quantitative estimate of drug-likeness (QED) is 0.466. The third-order valence-corrected chi connectivity index (χ3v) is 5.01. The van der Waals surface area contributed by atoms with Gasteiger partial charge in [-0.15, -0.1) is 0 Å². The summed E-state index contributed by atoms with van der Waals surface area (Å²) in [5, 5.41) is 0. The van der Waals surface area contributed by atoms with E-state index in [2.05, 4.69) is 6.92 Å². The van der Waals surface area contributed by atoms with Crippen molar-refractivity contribution in [2.24, 2.45) is 5.92 Å². The Morgan fingerprint density at radius 2 is 1.84 bits per heavy atom. The summed E-state index contributed by atoms with van der Waals surface area (Å²) in [6.45, 7) is 2.73. The lowest BCUT2D eigenvalue weighted by atomic mass is 9.88. The lowest BCUT2D eigenvalue weighted by Gasteiger charge is -2.28. The summed E-state index contributed by atoms with van der Waals surface area (Å²) in [6.07, 6.45) is 4.92. The van der Waals surface area contributed by atoms with Crippen LogP contribution in [-0.2, 0) is 9.47 Å². The summed E-state index contributed by atoms with van der Waals surface area (Å²) >= 11 is 0. The summed E-state index contributed by atoms with van der Waals surface area (Å²) < 4.78 is 11.0. The summed E-state index contributed by atoms with van der Waals surface area (Å²) in [5.74, 6) is -0.723. The molecule has 1 aliphatic heterocycles. The minimum atomic E-state index is -0.516. The van der Waals surface area contributed by atoms with E-state index in [0.717, 1.165) is 11.3 Å². The van der Waals surface area contributed by atoms with Crippen LogP contribution in [0.3, 0.4) is 0 Å². The molecule has 2 unspecified atom stereocenters. The van der Waals surface area contributed by atoms with E-state index < -0.39 is 11.9 Å². The monoisotopic (exact) mass is 345 g/mol. The summed E-state index contributed by atoms with van der Waals surface area (Å²) in [6, 6.07) is 4.43. The molecule has 1 aromatic rings. The molecule has 134 valence electrons. The number of imide groups is 1. The van der Waals surface area contributed by atoms with Gasteiger partial charge in [0.2, 0.25) is 0 Å². The summed E-state index contributed by atoms with van der Waals surface area (Å²) in [7, 11) is 1.42. The Bertz CT molecular complexity index is 699. The van der Waals surface area contributed by atoms with Gasteiger partial charge in [-0.2, -0.15) is 0 Å². The van der Waals surface area contributed by atoms with E-state index >= 15 is 0 Å². The molecule has 0 radical (unpaired) electrons. The normalized spacial score (nSPS) is 22.9. The van der Waals surface area contributed by atoms with Gasteiger partial charge >= 0.3 is 5.97 Å². The van der Waals surface area contributed by atoms with Gasteiger partial charge in [0.1, 0.15) is 6.61 Å². The van der Waals surface area contributed by atoms with Gasteiger partial charge in [-0.25, -0.2) is 4.79 Å². The van der Waals surface area contributed by atoms with Crippen LogP contribution in [0.15, 0.2) is 18.2 Å². The second-order valence-electron chi connectivity index (χ2n) is 6.74. The molecule has 0 aromatic heterocycles. The molecule has 3 rings (SSSR count). The number of hydrogen-bond acceptors (Lipinski definition) is 5. The molecule has 0 saturated heterocycles. The first-order valence-corrected chi connectivity index (χ1v) is 8.74. The van der Waals surface area contributed by atoms with Crippen molar-refractivity contribution in [3.63, 3.8) is 0 Å². The molecule has 1 heterocycles. The van der Waals surface area contributed by atoms with Crippen molar-refractivity contribution in [3.05, 3.63) is 34.9 Å². The molecule has 0 spiro atoms. The zero-order valence-electron chi connectivity index (χ0n) is 14.6. The van der Waals surface area contributed by atoms with E-state index in [9.17, 15) is 14.4 Å². The van der Waals surface area contributed by atoms with E-state index in [0.29, 0.717) is 18.1 Å².